The number of hydrogen-bond donors (Lipinski definition) is 0. The number of fused-ring (bicyclic) bond motifs is 3. The molecular formula is C28H37N3O4. The fourth-order valence-electron chi connectivity index (χ4n) is 5.46. The zero-order valence-corrected chi connectivity index (χ0v) is 21.8. The number of carbonyl (C=O) groups excluding carboxylic acids is 2. The topological polar surface area (TPSA) is 103 Å². The van der Waals surface area contributed by atoms with Crippen LogP contribution >= 0.6 is 0 Å². The molecule has 2 bridgehead atoms. The molecule has 0 saturated heterocycles. The smallest absolute Gasteiger partial charge is 0.420 e. The van der Waals surface area contributed by atoms with Gasteiger partial charge in [0.05, 0.1) is 17.7 Å². The Morgan fingerprint density at radius 2 is 1.34 bits per heavy atom. The normalized spacial score (nSPS) is 24.6. The van der Waals surface area contributed by atoms with Crippen LogP contribution in [0.2, 0.25) is 0 Å². The summed E-state index contributed by atoms with van der Waals surface area (Å²) < 4.78 is 11.0. The maximum absolute atomic E-state index is 13.0. The lowest BCUT2D eigenvalue weighted by Gasteiger charge is -2.54. The second kappa shape index (κ2) is 9.53. The van der Waals surface area contributed by atoms with Crippen LogP contribution in [0.3, 0.4) is 0 Å². The molecule has 3 fully saturated rings. The van der Waals surface area contributed by atoms with Gasteiger partial charge >= 0.3 is 12.2 Å². The van der Waals surface area contributed by atoms with Gasteiger partial charge in [-0.3, -0.25) is 0 Å². The van der Waals surface area contributed by atoms with Gasteiger partial charge in [0.2, 0.25) is 0 Å². The minimum Gasteiger partial charge on any atom is -0.443 e. The molecule has 3 aliphatic carbocycles. The van der Waals surface area contributed by atoms with Crippen molar-refractivity contribution >= 4 is 12.2 Å². The summed E-state index contributed by atoms with van der Waals surface area (Å²) in [6.45, 7) is 10.4. The number of nitrogens with zero attached hydrogens (tertiary/aromatic N) is 3. The molecule has 0 heterocycles. The fourth-order valence-corrected chi connectivity index (χ4v) is 5.46. The highest BCUT2D eigenvalue weighted by atomic mass is 16.6. The van der Waals surface area contributed by atoms with Gasteiger partial charge in [-0.2, -0.15) is 15.4 Å². The zero-order valence-electron chi connectivity index (χ0n) is 21.8. The first-order valence-corrected chi connectivity index (χ1v) is 12.4. The summed E-state index contributed by atoms with van der Waals surface area (Å²) >= 11 is 0. The Bertz CT molecular complexity index is 982. The van der Waals surface area contributed by atoms with Gasteiger partial charge in [-0.15, -0.1) is 0 Å². The molecule has 7 heteroatoms. The molecule has 0 aromatic heterocycles. The lowest BCUT2D eigenvalue weighted by atomic mass is 9.50. The van der Waals surface area contributed by atoms with Gasteiger partial charge < -0.3 is 9.47 Å². The van der Waals surface area contributed by atoms with Crippen molar-refractivity contribution < 1.29 is 19.1 Å². The first-order chi connectivity index (χ1) is 16.2. The molecule has 1 unspecified atom stereocenters. The summed E-state index contributed by atoms with van der Waals surface area (Å²) in [4.78, 5) is 27.0. The van der Waals surface area contributed by atoms with Crippen molar-refractivity contribution in [3.8, 4) is 12.1 Å². The van der Waals surface area contributed by atoms with E-state index in [4.69, 9.17) is 14.7 Å². The third-order valence-corrected chi connectivity index (χ3v) is 7.30. The van der Waals surface area contributed by atoms with E-state index in [0.717, 1.165) is 43.4 Å². The minimum atomic E-state index is -0.972. The molecule has 1 atom stereocenters. The van der Waals surface area contributed by atoms with Gasteiger partial charge in [0, 0.05) is 0 Å². The highest BCUT2D eigenvalue weighted by Gasteiger charge is 2.51. The van der Waals surface area contributed by atoms with Crippen molar-refractivity contribution in [2.24, 2.45) is 5.41 Å². The lowest BCUT2D eigenvalue weighted by Crippen LogP contribution is -2.52. The van der Waals surface area contributed by atoms with Crippen molar-refractivity contribution in [2.45, 2.75) is 109 Å². The van der Waals surface area contributed by atoms with E-state index in [-0.39, 0.29) is 10.8 Å². The first kappa shape index (κ1) is 26.5. The van der Waals surface area contributed by atoms with Crippen LogP contribution in [0.25, 0.3) is 0 Å². The average molecular weight is 480 g/mol. The van der Waals surface area contributed by atoms with Crippen LogP contribution in [0, 0.1) is 28.1 Å². The highest BCUT2D eigenvalue weighted by molar-refractivity contribution is 5.89. The first-order valence-electron chi connectivity index (χ1n) is 12.4. The quantitative estimate of drug-likeness (QED) is 0.481. The van der Waals surface area contributed by atoms with Crippen LogP contribution in [-0.4, -0.2) is 34.3 Å². The average Bonchev–Trinajstić information content (AvgIpc) is 2.77. The molecule has 1 aromatic carbocycles. The standard InChI is InChI=1S/C28H37N3O4/c1-25(2,3)34-23(32)31(24(33)35-26(4,5)6)22(19-30)17-27-11-14-28(15-12-27,16-13-27)21-9-7-20(18-29)8-10-21/h7-10,22H,11-17H2,1-6H3. The van der Waals surface area contributed by atoms with Crippen molar-refractivity contribution in [1.82, 2.24) is 4.90 Å². The Morgan fingerprint density at radius 1 is 0.886 bits per heavy atom. The lowest BCUT2D eigenvalue weighted by molar-refractivity contribution is -0.0176. The molecule has 0 radical (unpaired) electrons. The molecule has 3 saturated carbocycles. The monoisotopic (exact) mass is 479 g/mol. The van der Waals surface area contributed by atoms with Crippen LogP contribution in [0.5, 0.6) is 0 Å². The summed E-state index contributed by atoms with van der Waals surface area (Å²) in [5, 5.41) is 19.2. The molecule has 0 spiro atoms. The number of nitriles is 2. The SMILES string of the molecule is CC(C)(C)OC(=O)N(C(=O)OC(C)(C)C)C(C#N)CC12CCC(c3ccc(C#N)cc3)(CC1)CC2. The Morgan fingerprint density at radius 3 is 1.71 bits per heavy atom. The molecule has 2 amide bonds. The molecule has 7 nitrogen and oxygen atoms in total. The summed E-state index contributed by atoms with van der Waals surface area (Å²) in [5.74, 6) is 0. The summed E-state index contributed by atoms with van der Waals surface area (Å²) in [7, 11) is 0. The minimum absolute atomic E-state index is 0.0912. The van der Waals surface area contributed by atoms with Crippen LogP contribution in [0.15, 0.2) is 24.3 Å². The Hall–Kier alpha value is -3.06. The van der Waals surface area contributed by atoms with Crippen LogP contribution in [0.1, 0.15) is 97.6 Å². The predicted octanol–water partition coefficient (Wildman–Crippen LogP) is 6.60. The highest BCUT2D eigenvalue weighted by Crippen LogP contribution is 2.59. The van der Waals surface area contributed by atoms with Crippen LogP contribution in [-0.2, 0) is 14.9 Å². The Kier molecular flexibility index (Phi) is 7.23. The Labute approximate surface area is 209 Å². The summed E-state index contributed by atoms with van der Waals surface area (Å²) in [6, 6.07) is 11.3. The molecule has 0 aliphatic heterocycles. The largest absolute Gasteiger partial charge is 0.443 e. The van der Waals surface area contributed by atoms with Gasteiger partial charge in [0.1, 0.15) is 17.2 Å². The van der Waals surface area contributed by atoms with Gasteiger partial charge in [-0.05, 0) is 115 Å². The van der Waals surface area contributed by atoms with Crippen molar-refractivity contribution in [3.63, 3.8) is 0 Å². The fraction of sp³-hybridized carbons (Fsp3) is 0.643. The second-order valence-electron chi connectivity index (χ2n) is 12.1. The number of amides is 2. The number of rotatable bonds is 4. The van der Waals surface area contributed by atoms with E-state index in [1.165, 1.54) is 5.56 Å². The van der Waals surface area contributed by atoms with Gasteiger partial charge in [-0.1, -0.05) is 12.1 Å². The Balaban J connectivity index is 1.79. The number of hydrogen-bond acceptors (Lipinski definition) is 6. The van der Waals surface area contributed by atoms with E-state index in [0.29, 0.717) is 12.0 Å². The van der Waals surface area contributed by atoms with E-state index in [1.54, 1.807) is 41.5 Å². The van der Waals surface area contributed by atoms with Crippen molar-refractivity contribution in [2.75, 3.05) is 0 Å². The molecular weight excluding hydrogens is 442 g/mol. The van der Waals surface area contributed by atoms with Crippen LogP contribution < -0.4 is 0 Å². The molecule has 1 aromatic rings. The van der Waals surface area contributed by atoms with Crippen LogP contribution in [0.4, 0.5) is 9.59 Å². The maximum Gasteiger partial charge on any atom is 0.420 e. The maximum atomic E-state index is 13.0. The number of benzene rings is 1. The number of imide groups is 1. The molecule has 4 rings (SSSR count). The second-order valence-corrected chi connectivity index (χ2v) is 12.1. The van der Waals surface area contributed by atoms with E-state index in [2.05, 4.69) is 24.3 Å². The van der Waals surface area contributed by atoms with E-state index >= 15 is 0 Å². The number of carbonyl (C=O) groups is 2. The summed E-state index contributed by atoms with van der Waals surface area (Å²) in [5.41, 5.74) is 0.279. The van der Waals surface area contributed by atoms with Gasteiger partial charge in [-0.25, -0.2) is 9.59 Å². The van der Waals surface area contributed by atoms with E-state index < -0.39 is 29.4 Å². The molecule has 35 heavy (non-hydrogen) atoms. The van der Waals surface area contributed by atoms with Gasteiger partial charge in [0.25, 0.3) is 0 Å². The van der Waals surface area contributed by atoms with Crippen molar-refractivity contribution in [3.05, 3.63) is 35.4 Å². The third kappa shape index (κ3) is 6.14. The predicted molar refractivity (Wildman–Crippen MR) is 131 cm³/mol. The molecule has 3 aliphatic rings. The zero-order chi connectivity index (χ0) is 26.1. The molecule has 188 valence electrons. The van der Waals surface area contributed by atoms with E-state index in [1.807, 2.05) is 12.1 Å². The number of ether oxygens (including phenoxy) is 2. The van der Waals surface area contributed by atoms with E-state index in [9.17, 15) is 14.9 Å². The third-order valence-electron chi connectivity index (χ3n) is 7.30. The summed E-state index contributed by atoms with van der Waals surface area (Å²) in [6.07, 6.45) is 4.40. The van der Waals surface area contributed by atoms with Gasteiger partial charge in [0.15, 0.2) is 0 Å². The van der Waals surface area contributed by atoms with Crippen molar-refractivity contribution in [1.29, 1.82) is 10.5 Å². The molecule has 0 N–H and O–H groups in total.